The van der Waals surface area contributed by atoms with E-state index in [1.54, 1.807) is 6.07 Å². The smallest absolute Gasteiger partial charge is 0.317 e. The highest BCUT2D eigenvalue weighted by atomic mass is 32.1. The first kappa shape index (κ1) is 13.3. The molecule has 0 saturated carbocycles. The second kappa shape index (κ2) is 5.39. The maximum atomic E-state index is 11.5. The molecule has 7 nitrogen and oxygen atoms in total. The Morgan fingerprint density at radius 1 is 1.50 bits per heavy atom. The lowest BCUT2D eigenvalue weighted by Crippen LogP contribution is -2.51. The van der Waals surface area contributed by atoms with Gasteiger partial charge in [0.1, 0.15) is 0 Å². The van der Waals surface area contributed by atoms with Crippen molar-refractivity contribution in [2.75, 3.05) is 26.2 Å². The van der Waals surface area contributed by atoms with E-state index in [4.69, 9.17) is 5.84 Å². The predicted octanol–water partition coefficient (Wildman–Crippen LogP) is -0.439. The number of amides is 3. The largest absolute Gasteiger partial charge is 0.336 e. The molecule has 0 radical (unpaired) electrons. The van der Waals surface area contributed by atoms with E-state index in [0.717, 1.165) is 37.6 Å². The average Bonchev–Trinajstić information content (AvgIpc) is 3.06. The number of carbonyl (C=O) groups excluding carboxylic acids is 2. The zero-order valence-corrected chi connectivity index (χ0v) is 11.8. The molecule has 1 aromatic heterocycles. The summed E-state index contributed by atoms with van der Waals surface area (Å²) >= 11 is 1.46. The first-order chi connectivity index (χ1) is 9.67. The van der Waals surface area contributed by atoms with Crippen molar-refractivity contribution in [3.8, 4) is 0 Å². The molecule has 3 rings (SSSR count). The van der Waals surface area contributed by atoms with Crippen molar-refractivity contribution in [2.45, 2.75) is 12.6 Å². The summed E-state index contributed by atoms with van der Waals surface area (Å²) in [6.07, 6.45) is 0. The minimum Gasteiger partial charge on any atom is -0.336 e. The summed E-state index contributed by atoms with van der Waals surface area (Å²) in [5.41, 5.74) is 2.14. The van der Waals surface area contributed by atoms with Crippen molar-refractivity contribution in [2.24, 2.45) is 5.84 Å². The standard InChI is InChI=1S/C12H17N5O2S/c13-15-11(18)10-2-1-9(20-10)7-16-3-4-17-8(6-16)5-14-12(17)19/h1-2,8H,3-7,13H2,(H,14,19)(H,15,18). The van der Waals surface area contributed by atoms with Gasteiger partial charge in [-0.25, -0.2) is 10.6 Å². The van der Waals surface area contributed by atoms with Gasteiger partial charge in [-0.2, -0.15) is 0 Å². The Kier molecular flexibility index (Phi) is 3.60. The molecule has 1 aromatic rings. The Labute approximate surface area is 120 Å². The van der Waals surface area contributed by atoms with E-state index in [9.17, 15) is 9.59 Å². The molecular formula is C12H17N5O2S. The van der Waals surface area contributed by atoms with Crippen LogP contribution >= 0.6 is 11.3 Å². The number of piperazine rings is 1. The van der Waals surface area contributed by atoms with E-state index in [2.05, 4.69) is 15.6 Å². The monoisotopic (exact) mass is 295 g/mol. The Morgan fingerprint density at radius 2 is 2.35 bits per heavy atom. The van der Waals surface area contributed by atoms with Crippen molar-refractivity contribution in [1.82, 2.24) is 20.5 Å². The SMILES string of the molecule is NNC(=O)c1ccc(CN2CCN3C(=O)NCC3C2)s1. The first-order valence-electron chi connectivity index (χ1n) is 6.54. The number of hydrazine groups is 1. The number of hydrogen-bond donors (Lipinski definition) is 3. The Morgan fingerprint density at radius 3 is 3.15 bits per heavy atom. The maximum absolute atomic E-state index is 11.5. The molecule has 0 spiro atoms. The van der Waals surface area contributed by atoms with Crippen LogP contribution in [0.15, 0.2) is 12.1 Å². The molecule has 0 aliphatic carbocycles. The van der Waals surface area contributed by atoms with Gasteiger partial charge in [0.25, 0.3) is 5.91 Å². The molecule has 3 amide bonds. The highest BCUT2D eigenvalue weighted by Crippen LogP contribution is 2.21. The summed E-state index contributed by atoms with van der Waals surface area (Å²) in [6.45, 7) is 4.02. The fourth-order valence-electron chi connectivity index (χ4n) is 2.69. The summed E-state index contributed by atoms with van der Waals surface area (Å²) in [5, 5.41) is 2.87. The Hall–Kier alpha value is -1.64. The minimum absolute atomic E-state index is 0.0488. The molecule has 1 unspecified atom stereocenters. The van der Waals surface area contributed by atoms with Gasteiger partial charge in [0.05, 0.1) is 10.9 Å². The molecule has 0 bridgehead atoms. The number of hydrogen-bond acceptors (Lipinski definition) is 5. The first-order valence-corrected chi connectivity index (χ1v) is 7.35. The van der Waals surface area contributed by atoms with Crippen LogP contribution in [0.1, 0.15) is 14.5 Å². The number of urea groups is 1. The van der Waals surface area contributed by atoms with Crippen molar-refractivity contribution in [1.29, 1.82) is 0 Å². The van der Waals surface area contributed by atoms with E-state index < -0.39 is 0 Å². The van der Waals surface area contributed by atoms with Crippen molar-refractivity contribution in [3.05, 3.63) is 21.9 Å². The van der Waals surface area contributed by atoms with Crippen LogP contribution in [0.3, 0.4) is 0 Å². The third kappa shape index (κ3) is 2.49. The van der Waals surface area contributed by atoms with Gasteiger partial charge in [-0.1, -0.05) is 0 Å². The summed E-state index contributed by atoms with van der Waals surface area (Å²) in [7, 11) is 0. The zero-order valence-electron chi connectivity index (χ0n) is 11.0. The van der Waals surface area contributed by atoms with Crippen LogP contribution in [0, 0.1) is 0 Å². The summed E-state index contributed by atoms with van der Waals surface area (Å²) in [6, 6.07) is 4.06. The van der Waals surface area contributed by atoms with Gasteiger partial charge in [-0.15, -0.1) is 11.3 Å². The van der Waals surface area contributed by atoms with E-state index in [1.165, 1.54) is 11.3 Å². The topological polar surface area (TPSA) is 90.7 Å². The molecule has 1 atom stereocenters. The average molecular weight is 295 g/mol. The maximum Gasteiger partial charge on any atom is 0.317 e. The summed E-state index contributed by atoms with van der Waals surface area (Å²) in [4.78, 5) is 28.9. The highest BCUT2D eigenvalue weighted by molar-refractivity contribution is 7.14. The normalized spacial score (nSPS) is 22.6. The molecule has 4 N–H and O–H groups in total. The minimum atomic E-state index is -0.253. The number of rotatable bonds is 3. The molecule has 2 aliphatic heterocycles. The lowest BCUT2D eigenvalue weighted by atomic mass is 10.2. The fraction of sp³-hybridized carbons (Fsp3) is 0.500. The molecule has 20 heavy (non-hydrogen) atoms. The fourth-order valence-corrected chi connectivity index (χ4v) is 3.64. The Bertz CT molecular complexity index is 532. The van der Waals surface area contributed by atoms with Crippen LogP contribution in [0.4, 0.5) is 4.79 Å². The van der Waals surface area contributed by atoms with E-state index in [-0.39, 0.29) is 18.0 Å². The molecule has 108 valence electrons. The number of nitrogens with zero attached hydrogens (tertiary/aromatic N) is 2. The van der Waals surface area contributed by atoms with Gasteiger partial charge in [0.15, 0.2) is 0 Å². The predicted molar refractivity (Wildman–Crippen MR) is 75.1 cm³/mol. The van der Waals surface area contributed by atoms with E-state index in [0.29, 0.717) is 4.88 Å². The number of fused-ring (bicyclic) bond motifs is 1. The van der Waals surface area contributed by atoms with Gasteiger partial charge in [-0.05, 0) is 12.1 Å². The van der Waals surface area contributed by atoms with Gasteiger partial charge in [0, 0.05) is 37.6 Å². The number of nitrogens with one attached hydrogen (secondary N) is 2. The highest BCUT2D eigenvalue weighted by Gasteiger charge is 2.35. The molecular weight excluding hydrogens is 278 g/mol. The van der Waals surface area contributed by atoms with E-state index in [1.807, 2.05) is 11.0 Å². The molecule has 2 aliphatic rings. The molecule has 2 fully saturated rings. The Balaban J connectivity index is 1.60. The van der Waals surface area contributed by atoms with Crippen LogP contribution in [-0.2, 0) is 6.54 Å². The van der Waals surface area contributed by atoms with Crippen molar-refractivity contribution in [3.63, 3.8) is 0 Å². The second-order valence-corrected chi connectivity index (χ2v) is 6.18. The molecule has 0 aromatic carbocycles. The number of nitrogen functional groups attached to an aromatic ring is 1. The summed E-state index contributed by atoms with van der Waals surface area (Å²) < 4.78 is 0. The third-order valence-corrected chi connectivity index (χ3v) is 4.78. The molecule has 3 heterocycles. The number of carbonyl (C=O) groups is 2. The van der Waals surface area contributed by atoms with Crippen LogP contribution in [0.5, 0.6) is 0 Å². The lowest BCUT2D eigenvalue weighted by Gasteiger charge is -2.36. The van der Waals surface area contributed by atoms with Crippen LogP contribution in [-0.4, -0.2) is 54.0 Å². The lowest BCUT2D eigenvalue weighted by molar-refractivity contribution is 0.0957. The third-order valence-electron chi connectivity index (χ3n) is 3.71. The van der Waals surface area contributed by atoms with Gasteiger partial charge in [-0.3, -0.25) is 15.1 Å². The number of nitrogens with two attached hydrogens (primary N) is 1. The second-order valence-electron chi connectivity index (χ2n) is 5.01. The van der Waals surface area contributed by atoms with Crippen molar-refractivity contribution >= 4 is 23.3 Å². The molecule has 8 heteroatoms. The van der Waals surface area contributed by atoms with Gasteiger partial charge < -0.3 is 10.2 Å². The zero-order chi connectivity index (χ0) is 14.1. The van der Waals surface area contributed by atoms with Gasteiger partial charge >= 0.3 is 6.03 Å². The van der Waals surface area contributed by atoms with E-state index >= 15 is 0 Å². The van der Waals surface area contributed by atoms with Crippen molar-refractivity contribution < 1.29 is 9.59 Å². The van der Waals surface area contributed by atoms with Gasteiger partial charge in [0.2, 0.25) is 0 Å². The summed E-state index contributed by atoms with van der Waals surface area (Å²) in [5.74, 6) is 4.87. The van der Waals surface area contributed by atoms with Crippen LogP contribution in [0.25, 0.3) is 0 Å². The number of thiophene rings is 1. The quantitative estimate of drug-likeness (QED) is 0.401. The van der Waals surface area contributed by atoms with Crippen LogP contribution in [0.2, 0.25) is 0 Å². The molecule has 2 saturated heterocycles. The van der Waals surface area contributed by atoms with Crippen LogP contribution < -0.4 is 16.6 Å².